The Morgan fingerprint density at radius 2 is 2.00 bits per heavy atom. The minimum absolute atomic E-state index is 0.212. The standard InChI is InChI=1S/C16H21N3O/c17-10-14(13-6-2-1-3-7-13)11-19(12-16(18)20)15-8-4-5-9-15/h1-3,6-7,14-15H,4-5,8-9,11-12H2,(H2,18,20). The average Bonchev–Trinajstić information content (AvgIpc) is 2.98. The van der Waals surface area contributed by atoms with Gasteiger partial charge in [-0.1, -0.05) is 43.2 Å². The van der Waals surface area contributed by atoms with Crippen molar-refractivity contribution in [1.82, 2.24) is 4.90 Å². The molecule has 4 heteroatoms. The summed E-state index contributed by atoms with van der Waals surface area (Å²) in [6.45, 7) is 0.823. The summed E-state index contributed by atoms with van der Waals surface area (Å²) in [7, 11) is 0. The van der Waals surface area contributed by atoms with Gasteiger partial charge in [-0.25, -0.2) is 0 Å². The van der Waals surface area contributed by atoms with Crippen LogP contribution in [0.25, 0.3) is 0 Å². The van der Waals surface area contributed by atoms with Gasteiger partial charge in [-0.3, -0.25) is 9.69 Å². The zero-order valence-corrected chi connectivity index (χ0v) is 11.7. The van der Waals surface area contributed by atoms with Gasteiger partial charge in [0.25, 0.3) is 0 Å². The number of nitrogens with zero attached hydrogens (tertiary/aromatic N) is 2. The number of carbonyl (C=O) groups excluding carboxylic acids is 1. The van der Waals surface area contributed by atoms with Gasteiger partial charge in [-0.15, -0.1) is 0 Å². The fraction of sp³-hybridized carbons (Fsp3) is 0.500. The molecule has 1 atom stereocenters. The second-order valence-electron chi connectivity index (χ2n) is 5.43. The van der Waals surface area contributed by atoms with Crippen LogP contribution in [0.4, 0.5) is 0 Å². The molecule has 1 aromatic rings. The lowest BCUT2D eigenvalue weighted by atomic mass is 9.99. The lowest BCUT2D eigenvalue weighted by Crippen LogP contribution is -2.42. The number of carbonyl (C=O) groups is 1. The highest BCUT2D eigenvalue weighted by molar-refractivity contribution is 5.76. The van der Waals surface area contributed by atoms with Crippen molar-refractivity contribution in [3.05, 3.63) is 35.9 Å². The highest BCUT2D eigenvalue weighted by Gasteiger charge is 2.26. The Morgan fingerprint density at radius 3 is 2.55 bits per heavy atom. The van der Waals surface area contributed by atoms with Crippen LogP contribution >= 0.6 is 0 Å². The molecule has 106 valence electrons. The largest absolute Gasteiger partial charge is 0.369 e. The van der Waals surface area contributed by atoms with E-state index in [1.54, 1.807) is 0 Å². The highest BCUT2D eigenvalue weighted by atomic mass is 16.1. The Hall–Kier alpha value is -1.86. The number of rotatable bonds is 6. The van der Waals surface area contributed by atoms with Gasteiger partial charge in [0, 0.05) is 12.6 Å². The molecule has 4 nitrogen and oxygen atoms in total. The predicted molar refractivity (Wildman–Crippen MR) is 77.8 cm³/mol. The van der Waals surface area contributed by atoms with Gasteiger partial charge in [-0.05, 0) is 18.4 Å². The van der Waals surface area contributed by atoms with Crippen LogP contribution in [0.1, 0.15) is 37.2 Å². The maximum atomic E-state index is 11.3. The summed E-state index contributed by atoms with van der Waals surface area (Å²) in [4.78, 5) is 13.4. The van der Waals surface area contributed by atoms with Crippen molar-refractivity contribution in [2.24, 2.45) is 5.73 Å². The second kappa shape index (κ2) is 7.06. The van der Waals surface area contributed by atoms with Crippen molar-refractivity contribution in [2.75, 3.05) is 13.1 Å². The third-order valence-electron chi connectivity index (χ3n) is 3.97. The van der Waals surface area contributed by atoms with Crippen molar-refractivity contribution in [1.29, 1.82) is 5.26 Å². The molecule has 1 aliphatic carbocycles. The van der Waals surface area contributed by atoms with Crippen LogP contribution in [0.3, 0.4) is 0 Å². The van der Waals surface area contributed by atoms with Gasteiger partial charge in [-0.2, -0.15) is 5.26 Å². The molecule has 0 radical (unpaired) electrons. The number of hydrogen-bond acceptors (Lipinski definition) is 3. The van der Waals surface area contributed by atoms with Crippen LogP contribution in [0.5, 0.6) is 0 Å². The van der Waals surface area contributed by atoms with Crippen molar-refractivity contribution >= 4 is 5.91 Å². The minimum Gasteiger partial charge on any atom is -0.369 e. The first-order valence-corrected chi connectivity index (χ1v) is 7.17. The molecular formula is C16H21N3O. The number of amides is 1. The molecule has 0 heterocycles. The Labute approximate surface area is 120 Å². The topological polar surface area (TPSA) is 70.1 Å². The molecule has 1 fully saturated rings. The summed E-state index contributed by atoms with van der Waals surface area (Å²) in [5.74, 6) is -0.530. The number of primary amides is 1. The molecule has 2 N–H and O–H groups in total. The maximum Gasteiger partial charge on any atom is 0.231 e. The zero-order valence-electron chi connectivity index (χ0n) is 11.7. The van der Waals surface area contributed by atoms with E-state index < -0.39 is 0 Å². The van der Waals surface area contributed by atoms with E-state index in [0.717, 1.165) is 18.4 Å². The smallest absolute Gasteiger partial charge is 0.231 e. The van der Waals surface area contributed by atoms with E-state index in [9.17, 15) is 10.1 Å². The number of benzene rings is 1. The molecule has 1 unspecified atom stereocenters. The molecule has 1 aliphatic rings. The molecule has 1 saturated carbocycles. The van der Waals surface area contributed by atoms with Crippen molar-refractivity contribution in [2.45, 2.75) is 37.6 Å². The Morgan fingerprint density at radius 1 is 1.35 bits per heavy atom. The zero-order chi connectivity index (χ0) is 14.4. The summed E-state index contributed by atoms with van der Waals surface area (Å²) in [5.41, 5.74) is 6.36. The summed E-state index contributed by atoms with van der Waals surface area (Å²) in [6, 6.07) is 12.5. The molecule has 0 aromatic heterocycles. The normalized spacial score (nSPS) is 17.0. The third-order valence-corrected chi connectivity index (χ3v) is 3.97. The van der Waals surface area contributed by atoms with Crippen molar-refractivity contribution < 1.29 is 4.79 Å². The molecule has 0 aliphatic heterocycles. The van der Waals surface area contributed by atoms with Gasteiger partial charge < -0.3 is 5.73 Å². The van der Waals surface area contributed by atoms with E-state index in [-0.39, 0.29) is 18.4 Å². The molecular weight excluding hydrogens is 250 g/mol. The third kappa shape index (κ3) is 3.82. The van der Waals surface area contributed by atoms with E-state index >= 15 is 0 Å². The van der Waals surface area contributed by atoms with Gasteiger partial charge in [0.15, 0.2) is 0 Å². The Kier molecular flexibility index (Phi) is 5.14. The van der Waals surface area contributed by atoms with Crippen molar-refractivity contribution in [3.8, 4) is 6.07 Å². The van der Waals surface area contributed by atoms with Crippen LogP contribution in [0, 0.1) is 11.3 Å². The summed E-state index contributed by atoms with van der Waals surface area (Å²) < 4.78 is 0. The van der Waals surface area contributed by atoms with E-state index in [0.29, 0.717) is 12.6 Å². The lowest BCUT2D eigenvalue weighted by Gasteiger charge is -2.29. The first-order chi connectivity index (χ1) is 9.70. The average molecular weight is 271 g/mol. The van der Waals surface area contributed by atoms with Crippen LogP contribution < -0.4 is 5.73 Å². The molecule has 1 amide bonds. The van der Waals surface area contributed by atoms with E-state index in [1.165, 1.54) is 12.8 Å². The van der Waals surface area contributed by atoms with Gasteiger partial charge in [0.2, 0.25) is 5.91 Å². The van der Waals surface area contributed by atoms with E-state index in [1.807, 2.05) is 30.3 Å². The van der Waals surface area contributed by atoms with Gasteiger partial charge in [0.05, 0.1) is 18.5 Å². The molecule has 0 bridgehead atoms. The quantitative estimate of drug-likeness (QED) is 0.860. The van der Waals surface area contributed by atoms with Crippen LogP contribution in [0.2, 0.25) is 0 Å². The van der Waals surface area contributed by atoms with Crippen molar-refractivity contribution in [3.63, 3.8) is 0 Å². The molecule has 20 heavy (non-hydrogen) atoms. The minimum atomic E-state index is -0.318. The van der Waals surface area contributed by atoms with Crippen LogP contribution in [0.15, 0.2) is 30.3 Å². The molecule has 2 rings (SSSR count). The van der Waals surface area contributed by atoms with Gasteiger partial charge in [0.1, 0.15) is 0 Å². The summed E-state index contributed by atoms with van der Waals surface area (Å²) in [6.07, 6.45) is 4.59. The predicted octanol–water partition coefficient (Wildman–Crippen LogP) is 2.02. The molecule has 0 spiro atoms. The van der Waals surface area contributed by atoms with Gasteiger partial charge >= 0.3 is 0 Å². The van der Waals surface area contributed by atoms with Crippen LogP contribution in [-0.2, 0) is 4.79 Å². The Bertz CT molecular complexity index is 474. The molecule has 1 aromatic carbocycles. The monoisotopic (exact) mass is 271 g/mol. The first kappa shape index (κ1) is 14.5. The number of hydrogen-bond donors (Lipinski definition) is 1. The fourth-order valence-electron chi connectivity index (χ4n) is 2.95. The number of nitriles is 1. The maximum absolute atomic E-state index is 11.3. The molecule has 0 saturated heterocycles. The summed E-state index contributed by atoms with van der Waals surface area (Å²) in [5, 5.41) is 9.41. The van der Waals surface area contributed by atoms with E-state index in [2.05, 4.69) is 11.0 Å². The number of nitrogens with two attached hydrogens (primary N) is 1. The highest BCUT2D eigenvalue weighted by Crippen LogP contribution is 2.26. The first-order valence-electron chi connectivity index (χ1n) is 7.17. The fourth-order valence-corrected chi connectivity index (χ4v) is 2.95. The summed E-state index contributed by atoms with van der Waals surface area (Å²) >= 11 is 0. The lowest BCUT2D eigenvalue weighted by molar-refractivity contribution is -0.119. The SMILES string of the molecule is N#CC(CN(CC(N)=O)C1CCCC1)c1ccccc1. The van der Waals surface area contributed by atoms with Crippen LogP contribution in [-0.4, -0.2) is 29.9 Å². The Balaban J connectivity index is 2.09. The van der Waals surface area contributed by atoms with E-state index in [4.69, 9.17) is 5.73 Å². The second-order valence-corrected chi connectivity index (χ2v) is 5.43.